The van der Waals surface area contributed by atoms with Crippen molar-refractivity contribution in [2.24, 2.45) is 11.7 Å². The highest BCUT2D eigenvalue weighted by molar-refractivity contribution is 7.89. The van der Waals surface area contributed by atoms with Crippen LogP contribution in [0.15, 0.2) is 32.7 Å². The zero-order chi connectivity index (χ0) is 16.6. The van der Waals surface area contributed by atoms with Gasteiger partial charge in [0, 0.05) is 13.1 Å². The quantitative estimate of drug-likeness (QED) is 0.700. The third-order valence-electron chi connectivity index (χ3n) is 4.26. The van der Waals surface area contributed by atoms with Gasteiger partial charge in [0.15, 0.2) is 0 Å². The molecular formula is C14H18N4O4S. The number of hydrogen-bond donors (Lipinski definition) is 3. The standard InChI is InChI=1S/C14H18N4O4S/c15-8-9-3-5-18(6-4-9)23(21,22)10-1-2-12-11(7-10)13(19)17-14(20)16-12/h1-2,7,9H,3-6,8,15H2,(H2,16,17,19,20). The first-order chi connectivity index (χ1) is 10.9. The monoisotopic (exact) mass is 338 g/mol. The number of nitrogens with two attached hydrogens (primary N) is 1. The predicted molar refractivity (Wildman–Crippen MR) is 85.7 cm³/mol. The second kappa shape index (κ2) is 5.91. The van der Waals surface area contributed by atoms with Crippen molar-refractivity contribution in [3.8, 4) is 0 Å². The molecule has 1 saturated heterocycles. The number of nitrogens with one attached hydrogen (secondary N) is 2. The minimum atomic E-state index is -3.66. The van der Waals surface area contributed by atoms with Crippen molar-refractivity contribution < 1.29 is 8.42 Å². The molecule has 0 aliphatic carbocycles. The van der Waals surface area contributed by atoms with E-state index in [4.69, 9.17) is 5.73 Å². The molecule has 124 valence electrons. The molecule has 8 nitrogen and oxygen atoms in total. The lowest BCUT2D eigenvalue weighted by molar-refractivity contribution is 0.278. The molecule has 0 radical (unpaired) electrons. The van der Waals surface area contributed by atoms with E-state index in [9.17, 15) is 18.0 Å². The maximum Gasteiger partial charge on any atom is 0.326 e. The van der Waals surface area contributed by atoms with E-state index < -0.39 is 21.3 Å². The molecule has 1 aromatic heterocycles. The van der Waals surface area contributed by atoms with Crippen LogP contribution in [0.5, 0.6) is 0 Å². The van der Waals surface area contributed by atoms with Gasteiger partial charge in [-0.1, -0.05) is 0 Å². The molecular weight excluding hydrogens is 320 g/mol. The Hall–Kier alpha value is -1.97. The third kappa shape index (κ3) is 2.94. The fourth-order valence-corrected chi connectivity index (χ4v) is 4.34. The second-order valence-corrected chi connectivity index (χ2v) is 7.64. The van der Waals surface area contributed by atoms with Gasteiger partial charge >= 0.3 is 5.69 Å². The molecule has 0 atom stereocenters. The van der Waals surface area contributed by atoms with Crippen molar-refractivity contribution in [1.29, 1.82) is 0 Å². The van der Waals surface area contributed by atoms with Gasteiger partial charge in [-0.25, -0.2) is 13.2 Å². The highest BCUT2D eigenvalue weighted by Gasteiger charge is 2.29. The number of fused-ring (bicyclic) bond motifs is 1. The van der Waals surface area contributed by atoms with Gasteiger partial charge < -0.3 is 10.7 Å². The summed E-state index contributed by atoms with van der Waals surface area (Å²) in [4.78, 5) is 27.7. The zero-order valence-electron chi connectivity index (χ0n) is 12.4. The smallest absolute Gasteiger partial charge is 0.326 e. The average molecular weight is 338 g/mol. The maximum absolute atomic E-state index is 12.7. The Morgan fingerprint density at radius 2 is 1.87 bits per heavy atom. The van der Waals surface area contributed by atoms with Crippen molar-refractivity contribution in [2.75, 3.05) is 19.6 Å². The SMILES string of the molecule is NCC1CCN(S(=O)(=O)c2ccc3[nH]c(=O)[nH]c(=O)c3c2)CC1. The first-order valence-electron chi connectivity index (χ1n) is 7.38. The van der Waals surface area contributed by atoms with E-state index in [1.807, 2.05) is 0 Å². The summed E-state index contributed by atoms with van der Waals surface area (Å²) in [7, 11) is -3.66. The van der Waals surface area contributed by atoms with Gasteiger partial charge in [0.25, 0.3) is 5.56 Å². The van der Waals surface area contributed by atoms with Crippen LogP contribution in [0.1, 0.15) is 12.8 Å². The van der Waals surface area contributed by atoms with E-state index in [0.717, 1.165) is 12.8 Å². The minimum Gasteiger partial charge on any atom is -0.330 e. The number of sulfonamides is 1. The van der Waals surface area contributed by atoms with Crippen LogP contribution >= 0.6 is 0 Å². The van der Waals surface area contributed by atoms with Crippen molar-refractivity contribution >= 4 is 20.9 Å². The molecule has 1 aliphatic heterocycles. The lowest BCUT2D eigenvalue weighted by Crippen LogP contribution is -2.40. The Morgan fingerprint density at radius 3 is 2.52 bits per heavy atom. The van der Waals surface area contributed by atoms with Crippen molar-refractivity contribution in [1.82, 2.24) is 14.3 Å². The molecule has 4 N–H and O–H groups in total. The van der Waals surface area contributed by atoms with Gasteiger partial charge in [-0.15, -0.1) is 0 Å². The molecule has 2 heterocycles. The van der Waals surface area contributed by atoms with Gasteiger partial charge in [-0.3, -0.25) is 9.78 Å². The highest BCUT2D eigenvalue weighted by atomic mass is 32.2. The number of aromatic amines is 2. The molecule has 2 aromatic rings. The van der Waals surface area contributed by atoms with E-state index in [0.29, 0.717) is 31.1 Å². The Kier molecular flexibility index (Phi) is 4.09. The summed E-state index contributed by atoms with van der Waals surface area (Å²) in [5, 5.41) is 0.141. The largest absolute Gasteiger partial charge is 0.330 e. The number of piperidine rings is 1. The van der Waals surface area contributed by atoms with Crippen LogP contribution in [-0.4, -0.2) is 42.3 Å². The van der Waals surface area contributed by atoms with Gasteiger partial charge in [0.05, 0.1) is 15.8 Å². The Morgan fingerprint density at radius 1 is 1.17 bits per heavy atom. The Bertz CT molecular complexity index is 939. The molecule has 1 fully saturated rings. The summed E-state index contributed by atoms with van der Waals surface area (Å²) in [6, 6.07) is 4.14. The second-order valence-electron chi connectivity index (χ2n) is 5.70. The number of aromatic nitrogens is 2. The molecule has 3 rings (SSSR count). The first-order valence-corrected chi connectivity index (χ1v) is 8.82. The zero-order valence-corrected chi connectivity index (χ0v) is 13.2. The summed E-state index contributed by atoms with van der Waals surface area (Å²) in [5.74, 6) is 0.353. The van der Waals surface area contributed by atoms with Gasteiger partial charge in [0.2, 0.25) is 10.0 Å². The Labute approximate surface area is 132 Å². The van der Waals surface area contributed by atoms with Gasteiger partial charge in [0.1, 0.15) is 0 Å². The first kappa shape index (κ1) is 15.9. The summed E-state index contributed by atoms with van der Waals surface area (Å²) in [5.41, 5.74) is 4.70. The van der Waals surface area contributed by atoms with Crippen molar-refractivity contribution in [3.63, 3.8) is 0 Å². The topological polar surface area (TPSA) is 129 Å². The molecule has 0 spiro atoms. The summed E-state index contributed by atoms with van der Waals surface area (Å²) in [6.45, 7) is 1.40. The number of benzene rings is 1. The third-order valence-corrected chi connectivity index (χ3v) is 6.15. The highest BCUT2D eigenvalue weighted by Crippen LogP contribution is 2.24. The number of H-pyrrole nitrogens is 2. The average Bonchev–Trinajstić information content (AvgIpc) is 2.54. The minimum absolute atomic E-state index is 0.0498. The molecule has 0 bridgehead atoms. The van der Waals surface area contributed by atoms with Crippen molar-refractivity contribution in [2.45, 2.75) is 17.7 Å². The van der Waals surface area contributed by atoms with Gasteiger partial charge in [-0.2, -0.15) is 4.31 Å². The van der Waals surface area contributed by atoms with Crippen molar-refractivity contribution in [3.05, 3.63) is 39.0 Å². The summed E-state index contributed by atoms with van der Waals surface area (Å²) in [6.07, 6.45) is 1.47. The lowest BCUT2D eigenvalue weighted by atomic mass is 9.99. The number of rotatable bonds is 3. The maximum atomic E-state index is 12.7. The van der Waals surface area contributed by atoms with E-state index >= 15 is 0 Å². The van der Waals surface area contributed by atoms with E-state index in [2.05, 4.69) is 9.97 Å². The van der Waals surface area contributed by atoms with Gasteiger partial charge in [-0.05, 0) is 43.5 Å². The molecule has 1 aliphatic rings. The van der Waals surface area contributed by atoms with Crippen LogP contribution in [0.25, 0.3) is 10.9 Å². The fourth-order valence-electron chi connectivity index (χ4n) is 2.84. The van der Waals surface area contributed by atoms with Crippen LogP contribution in [0.4, 0.5) is 0 Å². The summed E-state index contributed by atoms with van der Waals surface area (Å²) >= 11 is 0. The van der Waals surface area contributed by atoms with E-state index in [1.165, 1.54) is 22.5 Å². The Balaban J connectivity index is 1.99. The molecule has 1 aromatic carbocycles. The van der Waals surface area contributed by atoms with Crippen LogP contribution in [0, 0.1) is 5.92 Å². The normalized spacial score (nSPS) is 17.6. The van der Waals surface area contributed by atoms with Crippen LogP contribution in [0.3, 0.4) is 0 Å². The van der Waals surface area contributed by atoms with E-state index in [1.54, 1.807) is 0 Å². The molecule has 9 heteroatoms. The number of hydrogen-bond acceptors (Lipinski definition) is 5. The molecule has 23 heavy (non-hydrogen) atoms. The molecule has 0 saturated carbocycles. The molecule has 0 amide bonds. The predicted octanol–water partition coefficient (Wildman–Crippen LogP) is -0.424. The van der Waals surface area contributed by atoms with Crippen LogP contribution < -0.4 is 17.0 Å². The van der Waals surface area contributed by atoms with Crippen LogP contribution in [0.2, 0.25) is 0 Å². The molecule has 0 unspecified atom stereocenters. The lowest BCUT2D eigenvalue weighted by Gasteiger charge is -2.30. The summed E-state index contributed by atoms with van der Waals surface area (Å²) < 4.78 is 26.8. The van der Waals surface area contributed by atoms with Crippen LogP contribution in [-0.2, 0) is 10.0 Å². The fraction of sp³-hybridized carbons (Fsp3) is 0.429. The van der Waals surface area contributed by atoms with E-state index in [-0.39, 0.29) is 10.3 Å². The number of nitrogens with zero attached hydrogens (tertiary/aromatic N) is 1.